The second kappa shape index (κ2) is 6.85. The third-order valence-corrected chi connectivity index (χ3v) is 6.16. The number of sulfone groups is 1. The number of halogens is 1. The number of hydrogen-bond acceptors (Lipinski definition) is 4. The molecule has 0 aliphatic rings. The van der Waals surface area contributed by atoms with E-state index in [9.17, 15) is 21.2 Å². The Hall–Kier alpha value is -0.990. The van der Waals surface area contributed by atoms with Gasteiger partial charge in [-0.2, -0.15) is 4.31 Å². The van der Waals surface area contributed by atoms with Crippen LogP contribution in [-0.4, -0.2) is 40.5 Å². The molecule has 0 aliphatic carbocycles. The molecule has 0 spiro atoms. The largest absolute Gasteiger partial charge is 0.246 e. The molecule has 0 radical (unpaired) electrons. The Kier molecular flexibility index (Phi) is 5.89. The van der Waals surface area contributed by atoms with E-state index in [0.717, 1.165) is 35.2 Å². The van der Waals surface area contributed by atoms with E-state index < -0.39 is 30.6 Å². The van der Waals surface area contributed by atoms with Crippen LogP contribution in [0.5, 0.6) is 0 Å². The molecule has 0 heterocycles. The van der Waals surface area contributed by atoms with E-state index in [1.165, 1.54) is 0 Å². The van der Waals surface area contributed by atoms with Crippen molar-refractivity contribution < 1.29 is 21.2 Å². The summed E-state index contributed by atoms with van der Waals surface area (Å²) in [4.78, 5) is -0.808. The molecule has 21 heavy (non-hydrogen) atoms. The molecular weight excluding hydrogens is 317 g/mol. The Morgan fingerprint density at radius 2 is 1.76 bits per heavy atom. The van der Waals surface area contributed by atoms with Crippen LogP contribution in [-0.2, 0) is 19.9 Å². The van der Waals surface area contributed by atoms with Crippen molar-refractivity contribution in [3.63, 3.8) is 0 Å². The molecule has 1 aromatic rings. The molecule has 0 N–H and O–H groups in total. The Bertz CT molecular complexity index is 699. The summed E-state index contributed by atoms with van der Waals surface area (Å²) in [6, 6.07) is 2.82. The average molecular weight is 337 g/mol. The zero-order chi connectivity index (χ0) is 16.3. The minimum absolute atomic E-state index is 0.199. The fourth-order valence-electron chi connectivity index (χ4n) is 1.83. The maximum absolute atomic E-state index is 13.9. The van der Waals surface area contributed by atoms with Crippen molar-refractivity contribution in [2.75, 3.05) is 19.3 Å². The molecule has 0 aliphatic heterocycles. The topological polar surface area (TPSA) is 71.5 Å². The standard InChI is InChI=1S/C13H20FNO4S2/c1-4-6-9-15(5-2)21(18,19)13-10-11(20(3,16)17)7-8-12(13)14/h7-8,10H,4-6,9H2,1-3H3. The summed E-state index contributed by atoms with van der Waals surface area (Å²) < 4.78 is 63.0. The molecule has 0 amide bonds. The lowest BCUT2D eigenvalue weighted by Gasteiger charge is -2.20. The van der Waals surface area contributed by atoms with Gasteiger partial charge in [0.05, 0.1) is 4.90 Å². The maximum atomic E-state index is 13.9. The van der Waals surface area contributed by atoms with Crippen LogP contribution in [0.15, 0.2) is 28.0 Å². The summed E-state index contributed by atoms with van der Waals surface area (Å²) in [6.07, 6.45) is 2.41. The van der Waals surface area contributed by atoms with Crippen molar-refractivity contribution in [1.29, 1.82) is 0 Å². The van der Waals surface area contributed by atoms with Crippen LogP contribution < -0.4 is 0 Å². The number of benzene rings is 1. The van der Waals surface area contributed by atoms with Gasteiger partial charge in [-0.25, -0.2) is 21.2 Å². The predicted octanol–water partition coefficient (Wildman–Crippen LogP) is 2.04. The van der Waals surface area contributed by atoms with E-state index in [1.54, 1.807) is 6.92 Å². The van der Waals surface area contributed by atoms with Gasteiger partial charge in [-0.15, -0.1) is 0 Å². The monoisotopic (exact) mass is 337 g/mol. The molecule has 120 valence electrons. The molecule has 0 aromatic heterocycles. The quantitative estimate of drug-likeness (QED) is 0.714. The zero-order valence-electron chi connectivity index (χ0n) is 12.3. The number of hydrogen-bond donors (Lipinski definition) is 0. The first-order valence-electron chi connectivity index (χ1n) is 6.64. The van der Waals surface area contributed by atoms with Gasteiger partial charge >= 0.3 is 0 Å². The number of unbranched alkanes of at least 4 members (excludes halogenated alkanes) is 1. The van der Waals surface area contributed by atoms with Crippen LogP contribution in [0.25, 0.3) is 0 Å². The predicted molar refractivity (Wildman–Crippen MR) is 78.9 cm³/mol. The zero-order valence-corrected chi connectivity index (χ0v) is 14.0. The van der Waals surface area contributed by atoms with E-state index >= 15 is 0 Å². The molecule has 0 bridgehead atoms. The molecule has 0 saturated heterocycles. The van der Waals surface area contributed by atoms with Gasteiger partial charge in [0.2, 0.25) is 10.0 Å². The lowest BCUT2D eigenvalue weighted by atomic mass is 10.3. The highest BCUT2D eigenvalue weighted by atomic mass is 32.2. The van der Waals surface area contributed by atoms with Crippen molar-refractivity contribution in [2.45, 2.75) is 36.5 Å². The van der Waals surface area contributed by atoms with E-state index in [4.69, 9.17) is 0 Å². The first-order valence-corrected chi connectivity index (χ1v) is 9.97. The van der Waals surface area contributed by atoms with Crippen molar-refractivity contribution in [2.24, 2.45) is 0 Å². The Labute approximate surface area is 125 Å². The van der Waals surface area contributed by atoms with Crippen LogP contribution >= 0.6 is 0 Å². The summed E-state index contributed by atoms with van der Waals surface area (Å²) >= 11 is 0. The highest BCUT2D eigenvalue weighted by molar-refractivity contribution is 7.91. The van der Waals surface area contributed by atoms with Crippen molar-refractivity contribution in [3.05, 3.63) is 24.0 Å². The van der Waals surface area contributed by atoms with Gasteiger partial charge in [-0.05, 0) is 24.6 Å². The molecule has 0 unspecified atom stereocenters. The molecule has 0 fully saturated rings. The SMILES string of the molecule is CCCCN(CC)S(=O)(=O)c1cc(S(C)(=O)=O)ccc1F. The number of sulfonamides is 1. The third-order valence-electron chi connectivity index (χ3n) is 3.06. The number of nitrogens with zero attached hydrogens (tertiary/aromatic N) is 1. The van der Waals surface area contributed by atoms with E-state index in [-0.39, 0.29) is 18.0 Å². The lowest BCUT2D eigenvalue weighted by molar-refractivity contribution is 0.415. The maximum Gasteiger partial charge on any atom is 0.246 e. The van der Waals surface area contributed by atoms with Gasteiger partial charge < -0.3 is 0 Å². The van der Waals surface area contributed by atoms with Crippen molar-refractivity contribution >= 4 is 19.9 Å². The van der Waals surface area contributed by atoms with Crippen LogP contribution in [0.3, 0.4) is 0 Å². The van der Waals surface area contributed by atoms with Gasteiger partial charge in [-0.1, -0.05) is 20.3 Å². The fourth-order valence-corrected chi connectivity index (χ4v) is 4.13. The summed E-state index contributed by atoms with van der Waals surface area (Å²) in [5.74, 6) is -0.947. The van der Waals surface area contributed by atoms with E-state index in [0.29, 0.717) is 6.42 Å². The summed E-state index contributed by atoms with van der Waals surface area (Å²) in [7, 11) is -7.64. The van der Waals surface area contributed by atoms with Crippen LogP contribution in [0, 0.1) is 5.82 Å². The molecule has 0 saturated carbocycles. The Balaban J connectivity index is 3.36. The minimum atomic E-state index is -4.04. The van der Waals surface area contributed by atoms with Crippen molar-refractivity contribution in [1.82, 2.24) is 4.31 Å². The fraction of sp³-hybridized carbons (Fsp3) is 0.538. The van der Waals surface area contributed by atoms with Crippen LogP contribution in [0.4, 0.5) is 4.39 Å². The Morgan fingerprint density at radius 3 is 2.24 bits per heavy atom. The molecular formula is C13H20FNO4S2. The highest BCUT2D eigenvalue weighted by Crippen LogP contribution is 2.23. The van der Waals surface area contributed by atoms with Gasteiger partial charge in [0, 0.05) is 19.3 Å². The Morgan fingerprint density at radius 1 is 1.14 bits per heavy atom. The molecule has 5 nitrogen and oxygen atoms in total. The van der Waals surface area contributed by atoms with Gasteiger partial charge in [0.15, 0.2) is 9.84 Å². The lowest BCUT2D eigenvalue weighted by Crippen LogP contribution is -2.32. The number of rotatable bonds is 7. The smallest absolute Gasteiger partial charge is 0.224 e. The van der Waals surface area contributed by atoms with E-state index in [2.05, 4.69) is 0 Å². The average Bonchev–Trinajstić information content (AvgIpc) is 2.38. The second-order valence-electron chi connectivity index (χ2n) is 4.71. The minimum Gasteiger partial charge on any atom is -0.224 e. The summed E-state index contributed by atoms with van der Waals surface area (Å²) in [5.41, 5.74) is 0. The molecule has 0 atom stereocenters. The van der Waals surface area contributed by atoms with Crippen LogP contribution in [0.1, 0.15) is 26.7 Å². The third kappa shape index (κ3) is 4.24. The molecule has 1 aromatic carbocycles. The second-order valence-corrected chi connectivity index (χ2v) is 8.64. The normalized spacial score (nSPS) is 12.8. The molecule has 1 rings (SSSR count). The first kappa shape index (κ1) is 18.1. The van der Waals surface area contributed by atoms with Gasteiger partial charge in [-0.3, -0.25) is 0 Å². The first-order chi connectivity index (χ1) is 9.64. The van der Waals surface area contributed by atoms with Crippen molar-refractivity contribution in [3.8, 4) is 0 Å². The van der Waals surface area contributed by atoms with E-state index in [1.807, 2.05) is 6.92 Å². The summed E-state index contributed by atoms with van der Waals surface area (Å²) in [5, 5.41) is 0. The highest BCUT2D eigenvalue weighted by Gasteiger charge is 2.27. The van der Waals surface area contributed by atoms with Crippen LogP contribution in [0.2, 0.25) is 0 Å². The summed E-state index contributed by atoms with van der Waals surface area (Å²) in [6.45, 7) is 4.06. The molecule has 8 heteroatoms. The van der Waals surface area contributed by atoms with Gasteiger partial charge in [0.1, 0.15) is 10.7 Å². The van der Waals surface area contributed by atoms with Gasteiger partial charge in [0.25, 0.3) is 0 Å².